The van der Waals surface area contributed by atoms with Crippen LogP contribution in [0.5, 0.6) is 11.5 Å². The highest BCUT2D eigenvalue weighted by Gasteiger charge is 2.62. The van der Waals surface area contributed by atoms with Crippen LogP contribution in [0.3, 0.4) is 0 Å². The molecule has 35 heavy (non-hydrogen) atoms. The normalized spacial score (nSPS) is 22.2. The van der Waals surface area contributed by atoms with Crippen LogP contribution in [0.1, 0.15) is 43.2 Å². The molecular formula is C27H25F3N2O3. The second-order valence-electron chi connectivity index (χ2n) is 9.36. The van der Waals surface area contributed by atoms with Crippen molar-refractivity contribution in [3.8, 4) is 11.5 Å². The number of amides is 1. The quantitative estimate of drug-likeness (QED) is 0.513. The molecule has 2 aromatic carbocycles. The lowest BCUT2D eigenvalue weighted by atomic mass is 9.58. The number of anilines is 1. The first-order valence-electron chi connectivity index (χ1n) is 11.5. The molecule has 0 fully saturated rings. The summed E-state index contributed by atoms with van der Waals surface area (Å²) in [6.45, 7) is 5.94. The van der Waals surface area contributed by atoms with Crippen LogP contribution < -0.4 is 14.8 Å². The van der Waals surface area contributed by atoms with Gasteiger partial charge in [-0.25, -0.2) is 0 Å². The molecule has 1 unspecified atom stereocenters. The number of para-hydroxylation sites is 1. The molecule has 0 bridgehead atoms. The van der Waals surface area contributed by atoms with Crippen LogP contribution >= 0.6 is 0 Å². The van der Waals surface area contributed by atoms with Gasteiger partial charge in [-0.3, -0.25) is 9.78 Å². The van der Waals surface area contributed by atoms with Crippen molar-refractivity contribution >= 4 is 11.6 Å². The van der Waals surface area contributed by atoms with Gasteiger partial charge >= 0.3 is 6.18 Å². The fourth-order valence-electron chi connectivity index (χ4n) is 5.58. The molecule has 0 aliphatic carbocycles. The minimum absolute atomic E-state index is 0.114. The molecule has 8 heteroatoms. The smallest absolute Gasteiger partial charge is 0.418 e. The third-order valence-electron chi connectivity index (χ3n) is 6.98. The number of hydrogen-bond donors (Lipinski definition) is 1. The van der Waals surface area contributed by atoms with Gasteiger partial charge in [-0.15, -0.1) is 0 Å². The van der Waals surface area contributed by atoms with Crippen LogP contribution in [0, 0.1) is 5.92 Å². The standard InChI is InChI=1S/C27H25F3N2O3/c1-4-34-16-11-12-19-22(14-16)35-25(2,3)23(15-21-18(27(28,29)30)9-7-13-31-21)26(19)17-8-5-6-10-20(17)32-24(26)33/h5-14,23H,4,15H2,1-3H3,(H,32,33)/t23?,26-/m1/s1. The summed E-state index contributed by atoms with van der Waals surface area (Å²) in [6.07, 6.45) is -3.34. The maximum absolute atomic E-state index is 13.9. The molecule has 182 valence electrons. The van der Waals surface area contributed by atoms with Gasteiger partial charge < -0.3 is 14.8 Å². The number of pyridine rings is 1. The van der Waals surface area contributed by atoms with Gasteiger partial charge in [0, 0.05) is 29.4 Å². The Kier molecular flexibility index (Phi) is 5.30. The van der Waals surface area contributed by atoms with E-state index in [9.17, 15) is 18.0 Å². The van der Waals surface area contributed by atoms with Crippen molar-refractivity contribution < 1.29 is 27.4 Å². The number of rotatable bonds is 4. The van der Waals surface area contributed by atoms with Crippen molar-refractivity contribution in [3.63, 3.8) is 0 Å². The number of carbonyl (C=O) groups is 1. The number of hydrogen-bond acceptors (Lipinski definition) is 4. The number of fused-ring (bicyclic) bond motifs is 4. The van der Waals surface area contributed by atoms with Crippen LogP contribution in [0.2, 0.25) is 0 Å². The van der Waals surface area contributed by atoms with E-state index in [0.29, 0.717) is 34.9 Å². The summed E-state index contributed by atoms with van der Waals surface area (Å²) in [5, 5.41) is 2.97. The summed E-state index contributed by atoms with van der Waals surface area (Å²) in [6, 6.07) is 14.9. The first kappa shape index (κ1) is 23.2. The lowest BCUT2D eigenvalue weighted by molar-refractivity contribution is -0.139. The molecule has 1 N–H and O–H groups in total. The Bertz CT molecular complexity index is 1300. The molecule has 3 aromatic rings. The summed E-state index contributed by atoms with van der Waals surface area (Å²) in [5.74, 6) is 0.0719. The largest absolute Gasteiger partial charge is 0.494 e. The van der Waals surface area contributed by atoms with Gasteiger partial charge in [-0.1, -0.05) is 24.3 Å². The molecule has 1 amide bonds. The average molecular weight is 483 g/mol. The van der Waals surface area contributed by atoms with Crippen LogP contribution in [0.25, 0.3) is 0 Å². The van der Waals surface area contributed by atoms with Gasteiger partial charge in [0.2, 0.25) is 5.91 Å². The van der Waals surface area contributed by atoms with Crippen LogP contribution in [0.15, 0.2) is 60.8 Å². The van der Waals surface area contributed by atoms with E-state index in [2.05, 4.69) is 10.3 Å². The van der Waals surface area contributed by atoms with Crippen molar-refractivity contribution in [2.24, 2.45) is 5.92 Å². The molecule has 1 spiro atoms. The number of ether oxygens (including phenoxy) is 2. The first-order chi connectivity index (χ1) is 16.6. The molecule has 1 aromatic heterocycles. The monoisotopic (exact) mass is 482 g/mol. The van der Waals surface area contributed by atoms with Crippen molar-refractivity contribution in [1.82, 2.24) is 4.98 Å². The Morgan fingerprint density at radius 2 is 1.86 bits per heavy atom. The fraction of sp³-hybridized carbons (Fsp3) is 0.333. The molecule has 3 heterocycles. The topological polar surface area (TPSA) is 60.5 Å². The molecule has 5 nitrogen and oxygen atoms in total. The van der Waals surface area contributed by atoms with E-state index in [4.69, 9.17) is 9.47 Å². The molecule has 5 rings (SSSR count). The van der Waals surface area contributed by atoms with Gasteiger partial charge in [0.1, 0.15) is 22.5 Å². The second kappa shape index (κ2) is 8.00. The molecule has 0 saturated heterocycles. The Balaban J connectivity index is 1.77. The molecule has 0 radical (unpaired) electrons. The number of nitrogens with zero attached hydrogens (tertiary/aromatic N) is 1. The summed E-state index contributed by atoms with van der Waals surface area (Å²) >= 11 is 0. The SMILES string of the molecule is CCOc1ccc2c(c1)OC(C)(C)C(Cc1ncccc1C(F)(F)F)[C@]21C(=O)Nc2ccccc21. The van der Waals surface area contributed by atoms with Crippen molar-refractivity contribution in [1.29, 1.82) is 0 Å². The van der Waals surface area contributed by atoms with Gasteiger partial charge in [-0.2, -0.15) is 13.2 Å². The van der Waals surface area contributed by atoms with E-state index in [1.54, 1.807) is 38.1 Å². The molecule has 2 atom stereocenters. The zero-order chi connectivity index (χ0) is 25.0. The summed E-state index contributed by atoms with van der Waals surface area (Å²) < 4.78 is 53.7. The summed E-state index contributed by atoms with van der Waals surface area (Å²) in [5.41, 5.74) is -1.29. The summed E-state index contributed by atoms with van der Waals surface area (Å²) in [7, 11) is 0. The lowest BCUT2D eigenvalue weighted by Crippen LogP contribution is -2.58. The van der Waals surface area contributed by atoms with E-state index in [1.165, 1.54) is 12.3 Å². The number of carbonyl (C=O) groups excluding carboxylic acids is 1. The maximum atomic E-state index is 13.9. The lowest BCUT2D eigenvalue weighted by Gasteiger charge is -2.50. The number of benzene rings is 2. The van der Waals surface area contributed by atoms with Crippen LogP contribution in [0.4, 0.5) is 18.9 Å². The molecule has 2 aliphatic rings. The first-order valence-corrected chi connectivity index (χ1v) is 11.5. The van der Waals surface area contributed by atoms with Crippen molar-refractivity contribution in [3.05, 3.63) is 83.2 Å². The van der Waals surface area contributed by atoms with E-state index in [1.807, 2.05) is 25.1 Å². The predicted molar refractivity (Wildman–Crippen MR) is 125 cm³/mol. The Hall–Kier alpha value is -3.55. The number of nitrogens with one attached hydrogen (secondary N) is 1. The van der Waals surface area contributed by atoms with Crippen LogP contribution in [-0.4, -0.2) is 23.1 Å². The molecule has 0 saturated carbocycles. The fourth-order valence-corrected chi connectivity index (χ4v) is 5.58. The Morgan fingerprint density at radius 3 is 2.60 bits per heavy atom. The van der Waals surface area contributed by atoms with E-state index in [0.717, 1.165) is 6.07 Å². The van der Waals surface area contributed by atoms with Gasteiger partial charge in [0.15, 0.2) is 0 Å². The van der Waals surface area contributed by atoms with E-state index in [-0.39, 0.29) is 18.0 Å². The molecule has 2 aliphatic heterocycles. The number of alkyl halides is 3. The van der Waals surface area contributed by atoms with Gasteiger partial charge in [-0.05, 0) is 57.0 Å². The molecular weight excluding hydrogens is 457 g/mol. The van der Waals surface area contributed by atoms with E-state index < -0.39 is 28.7 Å². The van der Waals surface area contributed by atoms with Crippen LogP contribution in [-0.2, 0) is 22.8 Å². The highest BCUT2D eigenvalue weighted by Crippen LogP contribution is 2.58. The zero-order valence-electron chi connectivity index (χ0n) is 19.6. The number of halogens is 3. The third kappa shape index (κ3) is 3.54. The van der Waals surface area contributed by atoms with Crippen molar-refractivity contribution in [2.75, 3.05) is 11.9 Å². The maximum Gasteiger partial charge on any atom is 0.418 e. The van der Waals surface area contributed by atoms with Crippen molar-refractivity contribution in [2.45, 2.75) is 44.4 Å². The second-order valence-corrected chi connectivity index (χ2v) is 9.36. The van der Waals surface area contributed by atoms with Gasteiger partial charge in [0.25, 0.3) is 0 Å². The third-order valence-corrected chi connectivity index (χ3v) is 6.98. The summed E-state index contributed by atoms with van der Waals surface area (Å²) in [4.78, 5) is 18.0. The predicted octanol–water partition coefficient (Wildman–Crippen LogP) is 5.77. The highest BCUT2D eigenvalue weighted by molar-refractivity contribution is 6.09. The minimum atomic E-state index is -4.57. The van der Waals surface area contributed by atoms with Gasteiger partial charge in [0.05, 0.1) is 17.9 Å². The Morgan fingerprint density at radius 1 is 1.09 bits per heavy atom. The minimum Gasteiger partial charge on any atom is -0.494 e. The van der Waals surface area contributed by atoms with E-state index >= 15 is 0 Å². The highest BCUT2D eigenvalue weighted by atomic mass is 19.4. The Labute approximate surface area is 201 Å². The number of aromatic nitrogens is 1. The average Bonchev–Trinajstić information content (AvgIpc) is 3.08. The zero-order valence-corrected chi connectivity index (χ0v) is 19.6.